The number of rotatable bonds is 13. The predicted molar refractivity (Wildman–Crippen MR) is 84.7 cm³/mol. The maximum absolute atomic E-state index is 3.67. The van der Waals surface area contributed by atoms with Crippen molar-refractivity contribution in [1.82, 2.24) is 0 Å². The van der Waals surface area contributed by atoms with Crippen LogP contribution in [0, 0.1) is 6.92 Å². The molecule has 0 aliphatic heterocycles. The molecule has 0 nitrogen and oxygen atoms in total. The monoisotopic (exact) mass is 249 g/mol. The summed E-state index contributed by atoms with van der Waals surface area (Å²) < 4.78 is 0. The SMILES string of the molecule is [CH2]C=CCC=CCCCCCCCCCCCC. The second kappa shape index (κ2) is 16.5. The van der Waals surface area contributed by atoms with E-state index in [1.54, 1.807) is 0 Å². The van der Waals surface area contributed by atoms with Gasteiger partial charge in [-0.1, -0.05) is 89.0 Å². The van der Waals surface area contributed by atoms with E-state index in [1.165, 1.54) is 70.6 Å². The highest BCUT2D eigenvalue weighted by molar-refractivity contribution is 4.93. The van der Waals surface area contributed by atoms with Crippen LogP contribution in [0.1, 0.15) is 84.0 Å². The molecule has 0 saturated heterocycles. The molecule has 0 heteroatoms. The van der Waals surface area contributed by atoms with Crippen LogP contribution in [0.4, 0.5) is 0 Å². The Morgan fingerprint density at radius 3 is 1.78 bits per heavy atom. The Hall–Kier alpha value is -0.520. The standard InChI is InChI=1S/C18H33/c1-3-5-7-9-11-13-15-17-18-16-14-12-10-8-6-4-2/h3,5,9,11H,1,4,6-8,10,12-18H2,2H3. The first-order chi connectivity index (χ1) is 8.91. The fraction of sp³-hybridized carbons (Fsp3) is 0.722. The molecule has 0 N–H and O–H groups in total. The lowest BCUT2D eigenvalue weighted by molar-refractivity contribution is 0.557. The van der Waals surface area contributed by atoms with Gasteiger partial charge in [0.25, 0.3) is 0 Å². The first-order valence-corrected chi connectivity index (χ1v) is 8.01. The van der Waals surface area contributed by atoms with E-state index in [-0.39, 0.29) is 0 Å². The molecule has 1 radical (unpaired) electrons. The first kappa shape index (κ1) is 17.5. The minimum Gasteiger partial charge on any atom is -0.0882 e. The van der Waals surface area contributed by atoms with Gasteiger partial charge in [0, 0.05) is 0 Å². The van der Waals surface area contributed by atoms with Crippen molar-refractivity contribution in [3.8, 4) is 0 Å². The smallest absolute Gasteiger partial charge is 0.0169 e. The molecule has 0 aromatic carbocycles. The molecule has 105 valence electrons. The normalized spacial score (nSPS) is 11.9. The molecule has 0 aromatic rings. The van der Waals surface area contributed by atoms with E-state index < -0.39 is 0 Å². The molecule has 0 aliphatic rings. The first-order valence-electron chi connectivity index (χ1n) is 8.01. The fourth-order valence-electron chi connectivity index (χ4n) is 2.14. The molecule has 0 fully saturated rings. The van der Waals surface area contributed by atoms with Gasteiger partial charge in [-0.25, -0.2) is 0 Å². The third kappa shape index (κ3) is 15.5. The Labute approximate surface area is 116 Å². The van der Waals surface area contributed by atoms with Crippen molar-refractivity contribution in [2.24, 2.45) is 0 Å². The quantitative estimate of drug-likeness (QED) is 0.254. The topological polar surface area (TPSA) is 0 Å². The van der Waals surface area contributed by atoms with Gasteiger partial charge in [0.1, 0.15) is 0 Å². The van der Waals surface area contributed by atoms with E-state index in [0.717, 1.165) is 6.42 Å². The lowest BCUT2D eigenvalue weighted by Gasteiger charge is -2.01. The third-order valence-electron chi connectivity index (χ3n) is 3.33. The van der Waals surface area contributed by atoms with E-state index >= 15 is 0 Å². The second-order valence-corrected chi connectivity index (χ2v) is 5.15. The largest absolute Gasteiger partial charge is 0.0882 e. The highest BCUT2D eigenvalue weighted by atomic mass is 14.0. The van der Waals surface area contributed by atoms with Crippen molar-refractivity contribution in [2.45, 2.75) is 84.0 Å². The van der Waals surface area contributed by atoms with E-state index in [2.05, 4.69) is 32.1 Å². The summed E-state index contributed by atoms with van der Waals surface area (Å²) in [5.74, 6) is 0. The molecular formula is C18H33. The Bertz CT molecular complexity index is 188. The molecule has 0 saturated carbocycles. The number of unbranched alkanes of at least 4 members (excludes halogenated alkanes) is 10. The van der Waals surface area contributed by atoms with Crippen LogP contribution in [0.2, 0.25) is 0 Å². The van der Waals surface area contributed by atoms with Gasteiger partial charge in [0.15, 0.2) is 0 Å². The van der Waals surface area contributed by atoms with E-state index in [4.69, 9.17) is 0 Å². The number of hydrogen-bond acceptors (Lipinski definition) is 0. The Morgan fingerprint density at radius 1 is 0.667 bits per heavy atom. The molecule has 18 heavy (non-hydrogen) atoms. The van der Waals surface area contributed by atoms with Gasteiger partial charge in [-0.15, -0.1) is 0 Å². The molecule has 0 unspecified atom stereocenters. The van der Waals surface area contributed by atoms with Crippen LogP contribution < -0.4 is 0 Å². The van der Waals surface area contributed by atoms with Crippen molar-refractivity contribution < 1.29 is 0 Å². The summed E-state index contributed by atoms with van der Waals surface area (Å²) in [4.78, 5) is 0. The van der Waals surface area contributed by atoms with Crippen LogP contribution in [-0.2, 0) is 0 Å². The molecule has 0 spiro atoms. The average Bonchev–Trinajstić information content (AvgIpc) is 2.39. The van der Waals surface area contributed by atoms with Crippen LogP contribution in [-0.4, -0.2) is 0 Å². The fourth-order valence-corrected chi connectivity index (χ4v) is 2.14. The zero-order valence-corrected chi connectivity index (χ0v) is 12.5. The summed E-state index contributed by atoms with van der Waals surface area (Å²) in [6, 6.07) is 0. The number of allylic oxidation sites excluding steroid dienone is 4. The van der Waals surface area contributed by atoms with Gasteiger partial charge >= 0.3 is 0 Å². The van der Waals surface area contributed by atoms with E-state index in [9.17, 15) is 0 Å². The second-order valence-electron chi connectivity index (χ2n) is 5.15. The van der Waals surface area contributed by atoms with Gasteiger partial charge in [0.2, 0.25) is 0 Å². The molecule has 0 aromatic heterocycles. The molecule has 0 bridgehead atoms. The average molecular weight is 249 g/mol. The van der Waals surface area contributed by atoms with Gasteiger partial charge in [-0.05, 0) is 26.2 Å². The van der Waals surface area contributed by atoms with Crippen LogP contribution in [0.25, 0.3) is 0 Å². The zero-order valence-electron chi connectivity index (χ0n) is 12.5. The van der Waals surface area contributed by atoms with Crippen molar-refractivity contribution in [2.75, 3.05) is 0 Å². The number of hydrogen-bond donors (Lipinski definition) is 0. The molecule has 0 rings (SSSR count). The van der Waals surface area contributed by atoms with Crippen molar-refractivity contribution in [3.05, 3.63) is 31.2 Å². The van der Waals surface area contributed by atoms with Crippen LogP contribution >= 0.6 is 0 Å². The van der Waals surface area contributed by atoms with Crippen LogP contribution in [0.3, 0.4) is 0 Å². The molecule has 0 aliphatic carbocycles. The summed E-state index contributed by atoms with van der Waals surface area (Å²) >= 11 is 0. The van der Waals surface area contributed by atoms with Gasteiger partial charge in [0.05, 0.1) is 0 Å². The van der Waals surface area contributed by atoms with Crippen LogP contribution in [0.5, 0.6) is 0 Å². The lowest BCUT2D eigenvalue weighted by Crippen LogP contribution is -1.81. The highest BCUT2D eigenvalue weighted by Gasteiger charge is 1.91. The van der Waals surface area contributed by atoms with E-state index in [1.807, 2.05) is 6.08 Å². The maximum atomic E-state index is 3.67. The molecule has 0 heterocycles. The van der Waals surface area contributed by atoms with Gasteiger partial charge in [-0.3, -0.25) is 0 Å². The van der Waals surface area contributed by atoms with Gasteiger partial charge < -0.3 is 0 Å². The summed E-state index contributed by atoms with van der Waals surface area (Å²) in [5.41, 5.74) is 0. The lowest BCUT2D eigenvalue weighted by atomic mass is 10.1. The summed E-state index contributed by atoms with van der Waals surface area (Å²) in [7, 11) is 0. The minimum absolute atomic E-state index is 1.04. The summed E-state index contributed by atoms with van der Waals surface area (Å²) in [6.07, 6.45) is 25.0. The van der Waals surface area contributed by atoms with Gasteiger partial charge in [-0.2, -0.15) is 0 Å². The summed E-state index contributed by atoms with van der Waals surface area (Å²) in [6.45, 7) is 5.95. The predicted octanol–water partition coefficient (Wildman–Crippen LogP) is 6.63. The Balaban J connectivity index is 3.00. The highest BCUT2D eigenvalue weighted by Crippen LogP contribution is 2.11. The van der Waals surface area contributed by atoms with E-state index in [0.29, 0.717) is 0 Å². The zero-order chi connectivity index (χ0) is 13.3. The molecular weight excluding hydrogens is 216 g/mol. The van der Waals surface area contributed by atoms with Crippen LogP contribution in [0.15, 0.2) is 24.3 Å². The summed E-state index contributed by atoms with van der Waals surface area (Å²) in [5, 5.41) is 0. The molecule has 0 amide bonds. The maximum Gasteiger partial charge on any atom is -0.0169 e. The van der Waals surface area contributed by atoms with Crippen molar-refractivity contribution in [3.63, 3.8) is 0 Å². The Morgan fingerprint density at radius 2 is 1.22 bits per heavy atom. The third-order valence-corrected chi connectivity index (χ3v) is 3.33. The van der Waals surface area contributed by atoms with Crippen molar-refractivity contribution >= 4 is 0 Å². The Kier molecular flexibility index (Phi) is 16.0. The minimum atomic E-state index is 1.04. The van der Waals surface area contributed by atoms with Crippen molar-refractivity contribution in [1.29, 1.82) is 0 Å². The molecule has 0 atom stereocenters.